The Morgan fingerprint density at radius 1 is 1.44 bits per heavy atom. The lowest BCUT2D eigenvalue weighted by Crippen LogP contribution is -2.01. The quantitative estimate of drug-likeness (QED) is 0.862. The van der Waals surface area contributed by atoms with Gasteiger partial charge in [-0.2, -0.15) is 0 Å². The Labute approximate surface area is 92.7 Å². The normalized spacial score (nSPS) is 10.2. The van der Waals surface area contributed by atoms with E-state index in [0.717, 1.165) is 5.69 Å². The average molecular weight is 221 g/mol. The minimum Gasteiger partial charge on any atom is -0.494 e. The highest BCUT2D eigenvalue weighted by Gasteiger charge is 2.07. The van der Waals surface area contributed by atoms with Gasteiger partial charge in [0.05, 0.1) is 12.8 Å². The van der Waals surface area contributed by atoms with Crippen molar-refractivity contribution in [3.63, 3.8) is 0 Å². The highest BCUT2D eigenvalue weighted by Crippen LogP contribution is 2.22. The lowest BCUT2D eigenvalue weighted by atomic mass is 10.3. The Kier molecular flexibility index (Phi) is 2.76. The Balaban J connectivity index is 2.48. The van der Waals surface area contributed by atoms with Crippen LogP contribution in [0.25, 0.3) is 5.69 Å². The van der Waals surface area contributed by atoms with Crippen LogP contribution in [0.3, 0.4) is 0 Å². The molecule has 2 rings (SSSR count). The Morgan fingerprint density at radius 3 is 2.94 bits per heavy atom. The van der Waals surface area contributed by atoms with Gasteiger partial charge in [0.25, 0.3) is 0 Å². The van der Waals surface area contributed by atoms with Crippen molar-refractivity contribution < 1.29 is 9.13 Å². The topological polar surface area (TPSA) is 39.1 Å². The fourth-order valence-electron chi connectivity index (χ4n) is 1.50. The maximum Gasteiger partial charge on any atom is 0.207 e. The molecule has 0 bridgehead atoms. The van der Waals surface area contributed by atoms with Crippen molar-refractivity contribution in [3.8, 4) is 11.4 Å². The van der Waals surface area contributed by atoms with Crippen LogP contribution in [0.15, 0.2) is 30.6 Å². The number of nitrogens with zero attached hydrogens (tertiary/aromatic N) is 2. The van der Waals surface area contributed by atoms with Gasteiger partial charge < -0.3 is 10.1 Å². The molecule has 1 aromatic carbocycles. The Bertz CT molecular complexity index is 496. The first-order chi connectivity index (χ1) is 7.76. The van der Waals surface area contributed by atoms with Crippen molar-refractivity contribution in [3.05, 3.63) is 36.4 Å². The molecule has 0 saturated heterocycles. The monoisotopic (exact) mass is 221 g/mol. The summed E-state index contributed by atoms with van der Waals surface area (Å²) < 4.78 is 20.0. The van der Waals surface area contributed by atoms with Crippen molar-refractivity contribution in [2.24, 2.45) is 0 Å². The van der Waals surface area contributed by atoms with Gasteiger partial charge in [0.1, 0.15) is 0 Å². The zero-order chi connectivity index (χ0) is 11.5. The summed E-state index contributed by atoms with van der Waals surface area (Å²) >= 11 is 0. The number of halogens is 1. The van der Waals surface area contributed by atoms with Gasteiger partial charge in [0.2, 0.25) is 5.95 Å². The van der Waals surface area contributed by atoms with Crippen molar-refractivity contribution in [1.29, 1.82) is 0 Å². The van der Waals surface area contributed by atoms with Crippen LogP contribution >= 0.6 is 0 Å². The van der Waals surface area contributed by atoms with Crippen molar-refractivity contribution in [1.82, 2.24) is 9.55 Å². The van der Waals surface area contributed by atoms with Crippen LogP contribution in [0.4, 0.5) is 10.3 Å². The van der Waals surface area contributed by atoms with Crippen LogP contribution in [0.5, 0.6) is 5.75 Å². The first kappa shape index (κ1) is 10.5. The van der Waals surface area contributed by atoms with Gasteiger partial charge in [-0.25, -0.2) is 9.37 Å². The maximum atomic E-state index is 13.2. The van der Waals surface area contributed by atoms with E-state index in [2.05, 4.69) is 10.3 Å². The summed E-state index contributed by atoms with van der Waals surface area (Å²) in [5.41, 5.74) is 0.792. The number of benzene rings is 1. The fourth-order valence-corrected chi connectivity index (χ4v) is 1.50. The summed E-state index contributed by atoms with van der Waals surface area (Å²) in [4.78, 5) is 4.11. The second-order valence-corrected chi connectivity index (χ2v) is 3.19. The third-order valence-electron chi connectivity index (χ3n) is 2.28. The van der Waals surface area contributed by atoms with Gasteiger partial charge in [0, 0.05) is 25.5 Å². The van der Waals surface area contributed by atoms with E-state index in [9.17, 15) is 4.39 Å². The molecule has 16 heavy (non-hydrogen) atoms. The smallest absolute Gasteiger partial charge is 0.207 e. The largest absolute Gasteiger partial charge is 0.494 e. The molecule has 0 fully saturated rings. The minimum absolute atomic E-state index is 0.216. The lowest BCUT2D eigenvalue weighted by Gasteiger charge is -2.09. The summed E-state index contributed by atoms with van der Waals surface area (Å²) in [6, 6.07) is 4.66. The molecule has 0 atom stereocenters. The lowest BCUT2D eigenvalue weighted by molar-refractivity contribution is 0.386. The number of anilines is 1. The molecule has 1 N–H and O–H groups in total. The molecule has 0 aliphatic heterocycles. The summed E-state index contributed by atoms with van der Waals surface area (Å²) in [6.45, 7) is 0. The number of nitrogens with one attached hydrogen (secondary N) is 1. The summed E-state index contributed by atoms with van der Waals surface area (Å²) in [5.74, 6) is 0.527. The van der Waals surface area contributed by atoms with E-state index in [0.29, 0.717) is 5.95 Å². The fraction of sp³-hybridized carbons (Fsp3) is 0.182. The number of hydrogen-bond acceptors (Lipinski definition) is 3. The first-order valence-corrected chi connectivity index (χ1v) is 4.81. The van der Waals surface area contributed by atoms with E-state index in [1.165, 1.54) is 13.2 Å². The molecule has 0 amide bonds. The van der Waals surface area contributed by atoms with E-state index in [1.54, 1.807) is 31.6 Å². The number of rotatable bonds is 3. The molecule has 2 aromatic rings. The van der Waals surface area contributed by atoms with Crippen LogP contribution in [-0.2, 0) is 0 Å². The molecule has 4 nitrogen and oxygen atoms in total. The molecule has 1 heterocycles. The SMILES string of the molecule is CNc1nccn1-c1ccc(F)c(OC)c1. The number of ether oxygens (including phenoxy) is 1. The van der Waals surface area contributed by atoms with Gasteiger partial charge in [-0.1, -0.05) is 0 Å². The van der Waals surface area contributed by atoms with Gasteiger partial charge >= 0.3 is 0 Å². The molecule has 1 aromatic heterocycles. The van der Waals surface area contributed by atoms with Crippen LogP contribution in [0.2, 0.25) is 0 Å². The predicted molar refractivity (Wildman–Crippen MR) is 59.6 cm³/mol. The Morgan fingerprint density at radius 2 is 2.25 bits per heavy atom. The zero-order valence-electron chi connectivity index (χ0n) is 9.07. The van der Waals surface area contributed by atoms with E-state index in [-0.39, 0.29) is 11.6 Å². The van der Waals surface area contributed by atoms with Crippen LogP contribution in [0, 0.1) is 5.82 Å². The van der Waals surface area contributed by atoms with E-state index >= 15 is 0 Å². The van der Waals surface area contributed by atoms with Gasteiger partial charge in [0.15, 0.2) is 11.6 Å². The van der Waals surface area contributed by atoms with Gasteiger partial charge in [-0.05, 0) is 12.1 Å². The molecular formula is C11H12FN3O. The van der Waals surface area contributed by atoms with Crippen LogP contribution in [-0.4, -0.2) is 23.7 Å². The third-order valence-corrected chi connectivity index (χ3v) is 2.28. The molecule has 0 spiro atoms. The van der Waals surface area contributed by atoms with Gasteiger partial charge in [-0.3, -0.25) is 4.57 Å². The molecule has 0 aliphatic rings. The maximum absolute atomic E-state index is 13.2. The molecule has 5 heteroatoms. The first-order valence-electron chi connectivity index (χ1n) is 4.81. The standard InChI is InChI=1S/C11H12FN3O/c1-13-11-14-5-6-15(11)8-3-4-9(12)10(7-8)16-2/h3-7H,1-2H3,(H,13,14). The minimum atomic E-state index is -0.377. The number of aromatic nitrogens is 2. The van der Waals surface area contributed by atoms with E-state index < -0.39 is 0 Å². The van der Waals surface area contributed by atoms with Crippen LogP contribution in [0.1, 0.15) is 0 Å². The van der Waals surface area contributed by atoms with Gasteiger partial charge in [-0.15, -0.1) is 0 Å². The summed E-state index contributed by atoms with van der Waals surface area (Å²) in [6.07, 6.45) is 3.46. The average Bonchev–Trinajstić information content (AvgIpc) is 2.78. The molecule has 84 valence electrons. The third kappa shape index (κ3) is 1.71. The molecule has 0 aliphatic carbocycles. The molecular weight excluding hydrogens is 209 g/mol. The highest BCUT2D eigenvalue weighted by atomic mass is 19.1. The van der Waals surface area contributed by atoms with Crippen molar-refractivity contribution >= 4 is 5.95 Å². The summed E-state index contributed by atoms with van der Waals surface area (Å²) in [5, 5.41) is 2.94. The highest BCUT2D eigenvalue weighted by molar-refractivity contribution is 5.45. The Hall–Kier alpha value is -2.04. The summed E-state index contributed by atoms with van der Waals surface area (Å²) in [7, 11) is 3.22. The number of hydrogen-bond donors (Lipinski definition) is 1. The zero-order valence-corrected chi connectivity index (χ0v) is 9.07. The van der Waals surface area contributed by atoms with Crippen molar-refractivity contribution in [2.45, 2.75) is 0 Å². The second-order valence-electron chi connectivity index (χ2n) is 3.19. The molecule has 0 radical (unpaired) electrons. The second kappa shape index (κ2) is 4.22. The molecule has 0 saturated carbocycles. The van der Waals surface area contributed by atoms with Crippen molar-refractivity contribution in [2.75, 3.05) is 19.5 Å². The number of imidazole rings is 1. The number of methoxy groups -OCH3 is 1. The predicted octanol–water partition coefficient (Wildman–Crippen LogP) is 2.06. The van der Waals surface area contributed by atoms with Crippen LogP contribution < -0.4 is 10.1 Å². The molecule has 0 unspecified atom stereocenters. The van der Waals surface area contributed by atoms with E-state index in [4.69, 9.17) is 4.74 Å². The van der Waals surface area contributed by atoms with E-state index in [1.807, 2.05) is 4.57 Å².